The minimum Gasteiger partial charge on any atom is -0.465 e. The zero-order valence-electron chi connectivity index (χ0n) is 13.4. The normalized spacial score (nSPS) is 21.0. The van der Waals surface area contributed by atoms with Crippen LogP contribution in [0.25, 0.3) is 0 Å². The number of rotatable bonds is 2. The zero-order chi connectivity index (χ0) is 16.1. The van der Waals surface area contributed by atoms with E-state index < -0.39 is 24.3 Å². The fourth-order valence-electron chi connectivity index (χ4n) is 2.42. The third-order valence-corrected chi connectivity index (χ3v) is 4.43. The molecule has 0 radical (unpaired) electrons. The molecule has 1 aromatic rings. The number of hydrogen-bond donors (Lipinski definition) is 0. The molecule has 0 amide bonds. The number of esters is 1. The maximum absolute atomic E-state index is 11.8. The number of hydrogen-bond acceptors (Lipinski definition) is 6. The Bertz CT molecular complexity index is 609. The molecule has 1 fully saturated rings. The highest BCUT2D eigenvalue weighted by Gasteiger charge is 2.53. The van der Waals surface area contributed by atoms with Crippen LogP contribution in [0.5, 0.6) is 11.5 Å². The summed E-state index contributed by atoms with van der Waals surface area (Å²) >= 11 is 0. The molecule has 0 aromatic heterocycles. The molecule has 0 spiro atoms. The number of carbonyl (C=O) groups is 1. The van der Waals surface area contributed by atoms with Gasteiger partial charge in [0.25, 0.3) is 0 Å². The summed E-state index contributed by atoms with van der Waals surface area (Å²) < 4.78 is 27.8. The van der Waals surface area contributed by atoms with Crippen molar-refractivity contribution in [1.82, 2.24) is 0 Å². The van der Waals surface area contributed by atoms with Gasteiger partial charge in [-0.25, -0.2) is 4.79 Å². The van der Waals surface area contributed by atoms with E-state index in [-0.39, 0.29) is 6.79 Å². The van der Waals surface area contributed by atoms with Crippen LogP contribution in [0.2, 0.25) is 0 Å². The van der Waals surface area contributed by atoms with Crippen molar-refractivity contribution >= 4 is 18.6 Å². The fourth-order valence-corrected chi connectivity index (χ4v) is 2.42. The molecule has 0 aliphatic carbocycles. The first-order valence-electron chi connectivity index (χ1n) is 7.13. The molecule has 0 N–H and O–H groups in total. The maximum Gasteiger partial charge on any atom is 0.498 e. The van der Waals surface area contributed by atoms with Crippen molar-refractivity contribution in [2.45, 2.75) is 38.9 Å². The molecule has 118 valence electrons. The Balaban J connectivity index is 2.04. The molecule has 3 rings (SSSR count). The number of ether oxygens (including phenoxy) is 3. The van der Waals surface area contributed by atoms with E-state index in [0.29, 0.717) is 22.5 Å². The highest BCUT2D eigenvalue weighted by atomic mass is 16.7. The van der Waals surface area contributed by atoms with Crippen molar-refractivity contribution in [3.8, 4) is 11.5 Å². The monoisotopic (exact) mass is 306 g/mol. The summed E-state index contributed by atoms with van der Waals surface area (Å²) in [4.78, 5) is 11.8. The van der Waals surface area contributed by atoms with Crippen LogP contribution in [-0.2, 0) is 14.0 Å². The van der Waals surface area contributed by atoms with Crippen LogP contribution in [0.1, 0.15) is 38.1 Å². The second kappa shape index (κ2) is 4.89. The first kappa shape index (κ1) is 15.2. The van der Waals surface area contributed by atoms with Gasteiger partial charge >= 0.3 is 13.1 Å². The van der Waals surface area contributed by atoms with Gasteiger partial charge in [-0.3, -0.25) is 0 Å². The Kier molecular flexibility index (Phi) is 3.38. The van der Waals surface area contributed by atoms with E-state index in [4.69, 9.17) is 23.5 Å². The topological polar surface area (TPSA) is 63.2 Å². The first-order chi connectivity index (χ1) is 10.2. The minimum atomic E-state index is -0.634. The van der Waals surface area contributed by atoms with Crippen LogP contribution in [0.4, 0.5) is 0 Å². The molecule has 7 heteroatoms. The smallest absolute Gasteiger partial charge is 0.465 e. The lowest BCUT2D eigenvalue weighted by Gasteiger charge is -2.32. The van der Waals surface area contributed by atoms with E-state index in [0.717, 1.165) is 0 Å². The van der Waals surface area contributed by atoms with Gasteiger partial charge in [-0.15, -0.1) is 0 Å². The molecule has 1 aromatic carbocycles. The van der Waals surface area contributed by atoms with Gasteiger partial charge in [-0.2, -0.15) is 0 Å². The molecular formula is C15H19BO6. The SMILES string of the molecule is COC(=O)c1cc2c(c(B3OC(C)(C)C(C)(C)O3)c1)OCO2. The molecule has 1 saturated heterocycles. The van der Waals surface area contributed by atoms with Crippen molar-refractivity contribution < 1.29 is 28.3 Å². The third-order valence-electron chi connectivity index (χ3n) is 4.43. The van der Waals surface area contributed by atoms with Gasteiger partial charge < -0.3 is 23.5 Å². The van der Waals surface area contributed by atoms with Gasteiger partial charge in [0.1, 0.15) is 0 Å². The summed E-state index contributed by atoms with van der Waals surface area (Å²) in [6, 6.07) is 3.27. The number of carbonyl (C=O) groups excluding carboxylic acids is 1. The Morgan fingerprint density at radius 3 is 2.36 bits per heavy atom. The molecule has 2 aliphatic rings. The molecule has 0 bridgehead atoms. The third kappa shape index (κ3) is 2.25. The lowest BCUT2D eigenvalue weighted by atomic mass is 9.77. The van der Waals surface area contributed by atoms with Crippen molar-refractivity contribution in [2.24, 2.45) is 0 Å². The Morgan fingerprint density at radius 1 is 1.14 bits per heavy atom. The standard InChI is InChI=1S/C15H19BO6/c1-14(2)15(3,4)22-16(21-14)10-6-9(13(17)18-5)7-11-12(10)20-8-19-11/h6-7H,8H2,1-5H3. The first-order valence-corrected chi connectivity index (χ1v) is 7.13. The fraction of sp³-hybridized carbons (Fsp3) is 0.533. The van der Waals surface area contributed by atoms with Crippen LogP contribution >= 0.6 is 0 Å². The van der Waals surface area contributed by atoms with Crippen LogP contribution in [0.3, 0.4) is 0 Å². The second-order valence-electron chi connectivity index (χ2n) is 6.38. The molecule has 2 aliphatic heterocycles. The minimum absolute atomic E-state index is 0.104. The Morgan fingerprint density at radius 2 is 1.77 bits per heavy atom. The summed E-state index contributed by atoms with van der Waals surface area (Å²) in [5.74, 6) is 0.592. The van der Waals surface area contributed by atoms with Gasteiger partial charge in [0, 0.05) is 5.46 Å². The van der Waals surface area contributed by atoms with E-state index in [2.05, 4.69) is 0 Å². The van der Waals surface area contributed by atoms with Crippen molar-refractivity contribution in [2.75, 3.05) is 13.9 Å². The van der Waals surface area contributed by atoms with Crippen molar-refractivity contribution in [3.05, 3.63) is 17.7 Å². The van der Waals surface area contributed by atoms with Gasteiger partial charge in [0.15, 0.2) is 11.5 Å². The van der Waals surface area contributed by atoms with E-state index in [1.54, 1.807) is 12.1 Å². The van der Waals surface area contributed by atoms with Crippen LogP contribution in [-0.4, -0.2) is 38.2 Å². The lowest BCUT2D eigenvalue weighted by molar-refractivity contribution is 0.00578. The number of fused-ring (bicyclic) bond motifs is 1. The molecule has 6 nitrogen and oxygen atoms in total. The summed E-state index contributed by atoms with van der Waals surface area (Å²) in [6.45, 7) is 7.97. The average molecular weight is 306 g/mol. The van der Waals surface area contributed by atoms with Crippen molar-refractivity contribution in [1.29, 1.82) is 0 Å². The molecule has 0 saturated carbocycles. The van der Waals surface area contributed by atoms with Crippen LogP contribution in [0, 0.1) is 0 Å². The van der Waals surface area contributed by atoms with E-state index >= 15 is 0 Å². The zero-order valence-corrected chi connectivity index (χ0v) is 13.4. The maximum atomic E-state index is 11.8. The van der Waals surface area contributed by atoms with E-state index in [9.17, 15) is 4.79 Å². The molecule has 22 heavy (non-hydrogen) atoms. The Labute approximate surface area is 129 Å². The molecule has 0 unspecified atom stereocenters. The number of methoxy groups -OCH3 is 1. The second-order valence-corrected chi connectivity index (χ2v) is 6.38. The van der Waals surface area contributed by atoms with E-state index in [1.165, 1.54) is 7.11 Å². The highest BCUT2D eigenvalue weighted by Crippen LogP contribution is 2.39. The summed E-state index contributed by atoms with van der Waals surface area (Å²) in [5, 5.41) is 0. The van der Waals surface area contributed by atoms with E-state index in [1.807, 2.05) is 27.7 Å². The predicted molar refractivity (Wildman–Crippen MR) is 79.6 cm³/mol. The van der Waals surface area contributed by atoms with Gasteiger partial charge in [0.2, 0.25) is 6.79 Å². The number of benzene rings is 1. The summed E-state index contributed by atoms with van der Waals surface area (Å²) in [7, 11) is 0.700. The average Bonchev–Trinajstić information content (AvgIpc) is 2.99. The predicted octanol–water partition coefficient (Wildman–Crippen LogP) is 1.50. The molecule has 0 atom stereocenters. The molecular weight excluding hydrogens is 287 g/mol. The largest absolute Gasteiger partial charge is 0.498 e. The summed E-state index contributed by atoms with van der Waals surface area (Å²) in [6.07, 6.45) is 0. The Hall–Kier alpha value is -1.73. The highest BCUT2D eigenvalue weighted by molar-refractivity contribution is 6.63. The molecule has 2 heterocycles. The van der Waals surface area contributed by atoms with Gasteiger partial charge in [0.05, 0.1) is 23.9 Å². The van der Waals surface area contributed by atoms with Crippen LogP contribution in [0.15, 0.2) is 12.1 Å². The summed E-state index contributed by atoms with van der Waals surface area (Å²) in [5.41, 5.74) is 0.0434. The van der Waals surface area contributed by atoms with Gasteiger partial charge in [-0.1, -0.05) is 0 Å². The lowest BCUT2D eigenvalue weighted by Crippen LogP contribution is -2.41. The van der Waals surface area contributed by atoms with Crippen molar-refractivity contribution in [3.63, 3.8) is 0 Å². The van der Waals surface area contributed by atoms with Gasteiger partial charge in [-0.05, 0) is 39.8 Å². The van der Waals surface area contributed by atoms with Crippen LogP contribution < -0.4 is 14.9 Å². The quantitative estimate of drug-likeness (QED) is 0.609.